The van der Waals surface area contributed by atoms with Crippen LogP contribution in [0.4, 0.5) is 5.82 Å². The summed E-state index contributed by atoms with van der Waals surface area (Å²) in [6.45, 7) is 1.77. The van der Waals surface area contributed by atoms with Crippen LogP contribution < -0.4 is 5.32 Å². The second-order valence-electron chi connectivity index (χ2n) is 6.39. The molecule has 140 valence electrons. The molecule has 0 spiro atoms. The first kappa shape index (κ1) is 17.7. The third-order valence-electron chi connectivity index (χ3n) is 4.22. The van der Waals surface area contributed by atoms with Gasteiger partial charge in [0.15, 0.2) is 17.5 Å². The number of aromatic nitrogens is 2. The molecule has 0 radical (unpaired) electrons. The van der Waals surface area contributed by atoms with Crippen molar-refractivity contribution in [2.24, 2.45) is 0 Å². The highest BCUT2D eigenvalue weighted by molar-refractivity contribution is 5.89. The van der Waals surface area contributed by atoms with Gasteiger partial charge in [-0.05, 0) is 6.92 Å². The van der Waals surface area contributed by atoms with Crippen LogP contribution in [0.25, 0.3) is 22.6 Å². The van der Waals surface area contributed by atoms with E-state index in [-0.39, 0.29) is 12.3 Å². The number of aryl methyl sites for hydroxylation is 2. The molecule has 1 N–H and O–H groups in total. The molecular weight excluding hydrogens is 354 g/mol. The molecule has 0 bridgehead atoms. The van der Waals surface area contributed by atoms with Gasteiger partial charge < -0.3 is 14.3 Å². The summed E-state index contributed by atoms with van der Waals surface area (Å²) in [7, 11) is 0. The van der Waals surface area contributed by atoms with Gasteiger partial charge in [-0.2, -0.15) is 0 Å². The van der Waals surface area contributed by atoms with E-state index in [1.165, 1.54) is 0 Å². The second kappa shape index (κ2) is 7.92. The lowest BCUT2D eigenvalue weighted by Crippen LogP contribution is -2.12. The van der Waals surface area contributed by atoms with Crippen LogP contribution in [0.5, 0.6) is 0 Å². The van der Waals surface area contributed by atoms with Crippen LogP contribution in [0.3, 0.4) is 0 Å². The van der Waals surface area contributed by atoms with Gasteiger partial charge in [0, 0.05) is 30.0 Å². The number of carbonyl (C=O) groups is 1. The minimum atomic E-state index is -0.172. The van der Waals surface area contributed by atoms with Crippen molar-refractivity contribution in [3.63, 3.8) is 0 Å². The highest BCUT2D eigenvalue weighted by Crippen LogP contribution is 2.32. The van der Waals surface area contributed by atoms with Crippen molar-refractivity contribution in [1.29, 1.82) is 0 Å². The van der Waals surface area contributed by atoms with Gasteiger partial charge in [-0.3, -0.25) is 4.79 Å². The first-order chi connectivity index (χ1) is 13.7. The molecule has 0 unspecified atom stereocenters. The van der Waals surface area contributed by atoms with Crippen LogP contribution in [0, 0.1) is 6.92 Å². The Bertz CT molecular complexity index is 1010. The van der Waals surface area contributed by atoms with Gasteiger partial charge in [0.05, 0.1) is 0 Å². The molecule has 0 aliphatic carbocycles. The van der Waals surface area contributed by atoms with Crippen LogP contribution in [0.1, 0.15) is 18.1 Å². The number of nitrogens with zero attached hydrogens (tertiary/aromatic N) is 2. The Balaban J connectivity index is 1.54. The summed E-state index contributed by atoms with van der Waals surface area (Å²) in [6, 6.07) is 21.4. The molecule has 0 atom stereocenters. The number of anilines is 1. The maximum atomic E-state index is 12.2. The van der Waals surface area contributed by atoms with Crippen LogP contribution in [-0.4, -0.2) is 16.0 Å². The van der Waals surface area contributed by atoms with Crippen LogP contribution in [0.15, 0.2) is 75.7 Å². The van der Waals surface area contributed by atoms with E-state index in [0.29, 0.717) is 29.6 Å². The molecule has 0 aliphatic rings. The van der Waals surface area contributed by atoms with E-state index in [0.717, 1.165) is 16.8 Å². The largest absolute Gasteiger partial charge is 0.440 e. The SMILES string of the molecule is Cc1cc(NC(=O)CCc2nc(-c3ccccc3)c(-c3ccccc3)o2)no1. The van der Waals surface area contributed by atoms with Crippen molar-refractivity contribution in [2.75, 3.05) is 5.32 Å². The van der Waals surface area contributed by atoms with Crippen molar-refractivity contribution < 1.29 is 13.7 Å². The lowest BCUT2D eigenvalue weighted by Gasteiger charge is -2.00. The first-order valence-electron chi connectivity index (χ1n) is 9.03. The van der Waals surface area contributed by atoms with Gasteiger partial charge in [0.2, 0.25) is 5.91 Å². The van der Waals surface area contributed by atoms with E-state index in [1.807, 2.05) is 60.7 Å². The minimum Gasteiger partial charge on any atom is -0.440 e. The maximum Gasteiger partial charge on any atom is 0.226 e. The van der Waals surface area contributed by atoms with Crippen LogP contribution in [0.2, 0.25) is 0 Å². The molecule has 28 heavy (non-hydrogen) atoms. The summed E-state index contributed by atoms with van der Waals surface area (Å²) in [5.74, 6) is 2.10. The standard InChI is InChI=1S/C22H19N3O3/c1-15-14-18(25-28-15)23-19(26)12-13-20-24-21(16-8-4-2-5-9-16)22(27-20)17-10-6-3-7-11-17/h2-11,14H,12-13H2,1H3,(H,23,25,26). The molecule has 2 heterocycles. The predicted octanol–water partition coefficient (Wildman–Crippen LogP) is 4.88. The van der Waals surface area contributed by atoms with Gasteiger partial charge in [0.1, 0.15) is 11.5 Å². The topological polar surface area (TPSA) is 81.2 Å². The molecule has 6 nitrogen and oxygen atoms in total. The second-order valence-corrected chi connectivity index (χ2v) is 6.39. The number of oxazole rings is 1. The Morgan fingerprint density at radius 3 is 2.32 bits per heavy atom. The molecule has 0 saturated carbocycles. The molecule has 0 saturated heterocycles. The van der Waals surface area contributed by atoms with Gasteiger partial charge in [-0.25, -0.2) is 4.98 Å². The maximum absolute atomic E-state index is 12.2. The van der Waals surface area contributed by atoms with Crippen molar-refractivity contribution in [3.05, 3.63) is 78.4 Å². The molecule has 2 aromatic carbocycles. The highest BCUT2D eigenvalue weighted by atomic mass is 16.5. The van der Waals surface area contributed by atoms with Crippen molar-refractivity contribution in [2.45, 2.75) is 19.8 Å². The normalized spacial score (nSPS) is 10.8. The number of benzene rings is 2. The average molecular weight is 373 g/mol. The Morgan fingerprint density at radius 2 is 1.68 bits per heavy atom. The fraction of sp³-hybridized carbons (Fsp3) is 0.136. The van der Waals surface area contributed by atoms with E-state index >= 15 is 0 Å². The number of nitrogens with one attached hydrogen (secondary N) is 1. The average Bonchev–Trinajstić information content (AvgIpc) is 3.34. The van der Waals surface area contributed by atoms with Gasteiger partial charge in [0.25, 0.3) is 0 Å². The lowest BCUT2D eigenvalue weighted by atomic mass is 10.1. The Labute approximate surface area is 162 Å². The van der Waals surface area contributed by atoms with Crippen LogP contribution in [-0.2, 0) is 11.2 Å². The summed E-state index contributed by atoms with van der Waals surface area (Å²) in [5.41, 5.74) is 2.69. The number of rotatable bonds is 6. The predicted molar refractivity (Wildman–Crippen MR) is 106 cm³/mol. The molecule has 0 aliphatic heterocycles. The lowest BCUT2D eigenvalue weighted by molar-refractivity contribution is -0.116. The Hall–Kier alpha value is -3.67. The molecular formula is C22H19N3O3. The third-order valence-corrected chi connectivity index (χ3v) is 4.22. The summed E-state index contributed by atoms with van der Waals surface area (Å²) in [6.07, 6.45) is 0.615. The van der Waals surface area contributed by atoms with Crippen molar-refractivity contribution in [3.8, 4) is 22.6 Å². The molecule has 4 rings (SSSR count). The van der Waals surface area contributed by atoms with E-state index in [1.54, 1.807) is 13.0 Å². The molecule has 6 heteroatoms. The molecule has 4 aromatic rings. The minimum absolute atomic E-state index is 0.172. The van der Waals surface area contributed by atoms with E-state index in [9.17, 15) is 4.79 Å². The number of carbonyl (C=O) groups excluding carboxylic acids is 1. The zero-order valence-corrected chi connectivity index (χ0v) is 15.4. The highest BCUT2D eigenvalue weighted by Gasteiger charge is 2.17. The van der Waals surface area contributed by atoms with Gasteiger partial charge in [-0.15, -0.1) is 0 Å². The van der Waals surface area contributed by atoms with Crippen molar-refractivity contribution >= 4 is 11.7 Å². The summed E-state index contributed by atoms with van der Waals surface area (Å²) >= 11 is 0. The third kappa shape index (κ3) is 4.01. The van der Waals surface area contributed by atoms with E-state index in [4.69, 9.17) is 8.94 Å². The smallest absolute Gasteiger partial charge is 0.226 e. The molecule has 0 fully saturated rings. The van der Waals surface area contributed by atoms with Crippen molar-refractivity contribution in [1.82, 2.24) is 10.1 Å². The summed E-state index contributed by atoms with van der Waals surface area (Å²) in [4.78, 5) is 16.8. The summed E-state index contributed by atoms with van der Waals surface area (Å²) < 4.78 is 11.0. The number of hydrogen-bond donors (Lipinski definition) is 1. The Kier molecular flexibility index (Phi) is 5.01. The monoisotopic (exact) mass is 373 g/mol. The zero-order chi connectivity index (χ0) is 19.3. The van der Waals surface area contributed by atoms with Crippen LogP contribution >= 0.6 is 0 Å². The van der Waals surface area contributed by atoms with Gasteiger partial charge >= 0.3 is 0 Å². The molecule has 2 aromatic heterocycles. The van der Waals surface area contributed by atoms with E-state index in [2.05, 4.69) is 15.5 Å². The fourth-order valence-electron chi connectivity index (χ4n) is 2.90. The number of amides is 1. The zero-order valence-electron chi connectivity index (χ0n) is 15.4. The van der Waals surface area contributed by atoms with E-state index < -0.39 is 0 Å². The first-order valence-corrected chi connectivity index (χ1v) is 9.03. The quantitative estimate of drug-likeness (QED) is 0.521. The fourth-order valence-corrected chi connectivity index (χ4v) is 2.90. The Morgan fingerprint density at radius 1 is 1.00 bits per heavy atom. The molecule has 1 amide bonds. The summed E-state index contributed by atoms with van der Waals surface area (Å²) in [5, 5.41) is 6.47. The number of hydrogen-bond acceptors (Lipinski definition) is 5. The van der Waals surface area contributed by atoms with Gasteiger partial charge in [-0.1, -0.05) is 65.8 Å².